The van der Waals surface area contributed by atoms with Gasteiger partial charge in [0, 0.05) is 75.0 Å². The molecule has 1 fully saturated rings. The first-order valence-electron chi connectivity index (χ1n) is 14.5. The number of halogens is 3. The normalized spacial score (nSPS) is 15.8. The molecule has 0 unspecified atom stereocenters. The van der Waals surface area contributed by atoms with Gasteiger partial charge < -0.3 is 30.2 Å². The van der Waals surface area contributed by atoms with Gasteiger partial charge in [-0.3, -0.25) is 9.80 Å². The van der Waals surface area contributed by atoms with Gasteiger partial charge >= 0.3 is 6.36 Å². The summed E-state index contributed by atoms with van der Waals surface area (Å²) in [4.78, 5) is 4.91. The minimum absolute atomic E-state index is 0.0795. The van der Waals surface area contributed by atoms with Crippen LogP contribution in [0.1, 0.15) is 23.1 Å². The molecule has 1 aromatic heterocycles. The molecule has 1 saturated heterocycles. The van der Waals surface area contributed by atoms with E-state index in [1.165, 1.54) is 23.3 Å². The Morgan fingerprint density at radius 2 is 1.49 bits per heavy atom. The Morgan fingerprint density at radius 1 is 0.791 bits per heavy atom. The van der Waals surface area contributed by atoms with Crippen LogP contribution in [0.25, 0.3) is 22.0 Å². The fourth-order valence-electron chi connectivity index (χ4n) is 5.96. The molecule has 4 aromatic rings. The van der Waals surface area contributed by atoms with E-state index in [1.807, 2.05) is 6.07 Å². The van der Waals surface area contributed by atoms with E-state index in [4.69, 9.17) is 20.9 Å². The summed E-state index contributed by atoms with van der Waals surface area (Å²) in [5.41, 5.74) is 17.6. The molecule has 0 bridgehead atoms. The van der Waals surface area contributed by atoms with Gasteiger partial charge in [-0.15, -0.1) is 13.2 Å². The molecular formula is C32H36F3N5O3. The lowest BCUT2D eigenvalue weighted by molar-refractivity contribution is -0.274. The SMILES string of the molecule is NCCCn1cc(-c2ccc(OC(F)(F)F)cc2CN)c2cc(CN3CCN(Cc4ccc5c(c4)OCO5)CC3)ccc21. The minimum atomic E-state index is -4.77. The maximum atomic E-state index is 12.8. The molecule has 0 saturated carbocycles. The Bertz CT molecular complexity index is 1580. The van der Waals surface area contributed by atoms with E-state index in [0.717, 1.165) is 85.8 Å². The molecule has 2 aliphatic rings. The van der Waals surface area contributed by atoms with Crippen molar-refractivity contribution < 1.29 is 27.4 Å². The zero-order valence-electron chi connectivity index (χ0n) is 23.9. The number of benzene rings is 3. The number of aryl methyl sites for hydroxylation is 1. The molecule has 43 heavy (non-hydrogen) atoms. The fraction of sp³-hybridized carbons (Fsp3) is 0.375. The van der Waals surface area contributed by atoms with Crippen LogP contribution in [-0.2, 0) is 26.2 Å². The third-order valence-electron chi connectivity index (χ3n) is 8.08. The van der Waals surface area contributed by atoms with Crippen molar-refractivity contribution in [2.24, 2.45) is 11.5 Å². The van der Waals surface area contributed by atoms with Gasteiger partial charge in [0.25, 0.3) is 0 Å². The zero-order valence-corrected chi connectivity index (χ0v) is 23.9. The summed E-state index contributed by atoms with van der Waals surface area (Å²) in [6.07, 6.45) is -1.90. The third kappa shape index (κ3) is 6.75. The number of rotatable bonds is 10. The van der Waals surface area contributed by atoms with Crippen LogP contribution in [0, 0.1) is 0 Å². The van der Waals surface area contributed by atoms with Crippen molar-refractivity contribution in [3.05, 3.63) is 77.5 Å². The van der Waals surface area contributed by atoms with E-state index < -0.39 is 6.36 Å². The Hall–Kier alpha value is -3.77. The van der Waals surface area contributed by atoms with Crippen LogP contribution in [0.3, 0.4) is 0 Å². The van der Waals surface area contributed by atoms with Gasteiger partial charge in [-0.05, 0) is 71.6 Å². The van der Waals surface area contributed by atoms with Gasteiger partial charge in [0.05, 0.1) is 0 Å². The van der Waals surface area contributed by atoms with E-state index in [0.29, 0.717) is 12.1 Å². The molecule has 3 aromatic carbocycles. The van der Waals surface area contributed by atoms with Crippen molar-refractivity contribution in [3.8, 4) is 28.4 Å². The van der Waals surface area contributed by atoms with Crippen molar-refractivity contribution in [1.29, 1.82) is 0 Å². The molecular weight excluding hydrogens is 559 g/mol. The fourth-order valence-corrected chi connectivity index (χ4v) is 5.96. The van der Waals surface area contributed by atoms with E-state index in [9.17, 15) is 13.2 Å². The predicted molar refractivity (Wildman–Crippen MR) is 159 cm³/mol. The summed E-state index contributed by atoms with van der Waals surface area (Å²) in [5.74, 6) is 1.34. The summed E-state index contributed by atoms with van der Waals surface area (Å²) in [6, 6.07) is 17.0. The van der Waals surface area contributed by atoms with Crippen molar-refractivity contribution >= 4 is 10.9 Å². The quantitative estimate of drug-likeness (QED) is 0.265. The van der Waals surface area contributed by atoms with Crippen molar-refractivity contribution in [3.63, 3.8) is 0 Å². The highest BCUT2D eigenvalue weighted by Gasteiger charge is 2.31. The Morgan fingerprint density at radius 3 is 2.19 bits per heavy atom. The van der Waals surface area contributed by atoms with Gasteiger partial charge in [-0.1, -0.05) is 18.2 Å². The van der Waals surface area contributed by atoms with Gasteiger partial charge in [0.1, 0.15) is 5.75 Å². The summed E-state index contributed by atoms with van der Waals surface area (Å²) >= 11 is 0. The molecule has 11 heteroatoms. The predicted octanol–water partition coefficient (Wildman–Crippen LogP) is 5.06. The van der Waals surface area contributed by atoms with Crippen LogP contribution in [-0.4, -0.2) is 60.2 Å². The molecule has 4 N–H and O–H groups in total. The van der Waals surface area contributed by atoms with E-state index in [-0.39, 0.29) is 19.1 Å². The summed E-state index contributed by atoms with van der Waals surface area (Å²) in [6.45, 7) is 7.16. The lowest BCUT2D eigenvalue weighted by Crippen LogP contribution is -2.45. The number of aromatic nitrogens is 1. The molecule has 0 atom stereocenters. The molecule has 3 heterocycles. The second-order valence-electron chi connectivity index (χ2n) is 11.0. The Balaban J connectivity index is 1.19. The molecule has 8 nitrogen and oxygen atoms in total. The topological polar surface area (TPSA) is 91.1 Å². The van der Waals surface area contributed by atoms with Gasteiger partial charge in [0.2, 0.25) is 6.79 Å². The second kappa shape index (κ2) is 12.5. The molecule has 0 spiro atoms. The number of fused-ring (bicyclic) bond motifs is 2. The maximum Gasteiger partial charge on any atom is 0.573 e. The average Bonchev–Trinajstić information content (AvgIpc) is 3.60. The van der Waals surface area contributed by atoms with Crippen LogP contribution >= 0.6 is 0 Å². The highest BCUT2D eigenvalue weighted by Crippen LogP contribution is 2.37. The summed E-state index contributed by atoms with van der Waals surface area (Å²) in [7, 11) is 0. The molecule has 2 aliphatic heterocycles. The molecule has 0 amide bonds. The van der Waals surface area contributed by atoms with Gasteiger partial charge in [-0.2, -0.15) is 0 Å². The number of ether oxygens (including phenoxy) is 3. The number of nitrogens with two attached hydrogens (primary N) is 2. The first-order chi connectivity index (χ1) is 20.8. The van der Waals surface area contributed by atoms with Crippen LogP contribution < -0.4 is 25.7 Å². The number of hydrogen-bond acceptors (Lipinski definition) is 7. The van der Waals surface area contributed by atoms with E-state index >= 15 is 0 Å². The number of piperazine rings is 1. The standard InChI is InChI=1S/C32H36F3N5O3/c33-32(34,35)43-25-4-5-26(24(16-25)17-37)28-20-40(9-1-8-36)29-6-2-22(14-27(28)29)18-38-10-12-39(13-11-38)19-23-3-7-30-31(15-23)42-21-41-30/h2-7,14-16,20H,1,8-13,17-19,21,36-37H2. The highest BCUT2D eigenvalue weighted by atomic mass is 19.4. The molecule has 0 aliphatic carbocycles. The van der Waals surface area contributed by atoms with Gasteiger partial charge in [-0.25, -0.2) is 0 Å². The molecule has 228 valence electrons. The van der Waals surface area contributed by atoms with Crippen molar-refractivity contribution in [1.82, 2.24) is 14.4 Å². The molecule has 6 rings (SSSR count). The summed E-state index contributed by atoms with van der Waals surface area (Å²) in [5, 5.41) is 1.04. The minimum Gasteiger partial charge on any atom is -0.454 e. The zero-order chi connectivity index (χ0) is 30.0. The monoisotopic (exact) mass is 595 g/mol. The highest BCUT2D eigenvalue weighted by molar-refractivity contribution is 5.97. The lowest BCUT2D eigenvalue weighted by atomic mass is 9.98. The van der Waals surface area contributed by atoms with Crippen LogP contribution in [0.15, 0.2) is 60.8 Å². The molecule has 0 radical (unpaired) electrons. The van der Waals surface area contributed by atoms with Crippen molar-refractivity contribution in [2.75, 3.05) is 39.5 Å². The first kappa shape index (κ1) is 29.3. The number of hydrogen-bond donors (Lipinski definition) is 2. The van der Waals surface area contributed by atoms with Crippen molar-refractivity contribution in [2.45, 2.75) is 39.0 Å². The average molecular weight is 596 g/mol. The number of nitrogens with zero attached hydrogens (tertiary/aromatic N) is 3. The Kier molecular flexibility index (Phi) is 8.49. The Labute approximate surface area is 248 Å². The maximum absolute atomic E-state index is 12.8. The third-order valence-corrected chi connectivity index (χ3v) is 8.08. The van der Waals surface area contributed by atoms with Crippen LogP contribution in [0.2, 0.25) is 0 Å². The van der Waals surface area contributed by atoms with Crippen LogP contribution in [0.5, 0.6) is 17.2 Å². The van der Waals surface area contributed by atoms with Gasteiger partial charge in [0.15, 0.2) is 11.5 Å². The number of alkyl halides is 3. The smallest absolute Gasteiger partial charge is 0.454 e. The summed E-state index contributed by atoms with van der Waals surface area (Å²) < 4.78 is 55.8. The largest absolute Gasteiger partial charge is 0.573 e. The van der Waals surface area contributed by atoms with E-state index in [2.05, 4.69) is 55.6 Å². The van der Waals surface area contributed by atoms with E-state index in [1.54, 1.807) is 6.07 Å². The first-order valence-corrected chi connectivity index (χ1v) is 14.5. The lowest BCUT2D eigenvalue weighted by Gasteiger charge is -2.34. The second-order valence-corrected chi connectivity index (χ2v) is 11.0. The van der Waals surface area contributed by atoms with Crippen LogP contribution in [0.4, 0.5) is 13.2 Å².